The SMILES string of the molecule is CCOCc1c(C)noc1-c1ccc(C)cc1. The molecule has 0 unspecified atom stereocenters. The Morgan fingerprint density at radius 1 is 1.18 bits per heavy atom. The van der Waals surface area contributed by atoms with Crippen LogP contribution in [0.15, 0.2) is 28.8 Å². The van der Waals surface area contributed by atoms with Crippen LogP contribution in [0.1, 0.15) is 23.7 Å². The van der Waals surface area contributed by atoms with E-state index in [-0.39, 0.29) is 0 Å². The molecular weight excluding hydrogens is 214 g/mol. The van der Waals surface area contributed by atoms with Gasteiger partial charge in [0, 0.05) is 17.7 Å². The van der Waals surface area contributed by atoms with Gasteiger partial charge in [-0.05, 0) is 20.8 Å². The smallest absolute Gasteiger partial charge is 0.172 e. The molecule has 0 radical (unpaired) electrons. The monoisotopic (exact) mass is 231 g/mol. The number of hydrogen-bond acceptors (Lipinski definition) is 3. The summed E-state index contributed by atoms with van der Waals surface area (Å²) < 4.78 is 10.8. The lowest BCUT2D eigenvalue weighted by molar-refractivity contribution is 0.133. The molecule has 0 atom stereocenters. The zero-order chi connectivity index (χ0) is 12.3. The lowest BCUT2D eigenvalue weighted by Gasteiger charge is -2.03. The van der Waals surface area contributed by atoms with E-state index in [2.05, 4.69) is 24.2 Å². The van der Waals surface area contributed by atoms with E-state index in [1.807, 2.05) is 26.0 Å². The number of ether oxygens (including phenoxy) is 1. The molecule has 3 nitrogen and oxygen atoms in total. The van der Waals surface area contributed by atoms with Gasteiger partial charge in [0.25, 0.3) is 0 Å². The van der Waals surface area contributed by atoms with E-state index in [1.54, 1.807) is 0 Å². The van der Waals surface area contributed by atoms with Crippen LogP contribution in [-0.2, 0) is 11.3 Å². The Bertz CT molecular complexity index is 485. The highest BCUT2D eigenvalue weighted by Crippen LogP contribution is 2.26. The average Bonchev–Trinajstić information content (AvgIpc) is 2.69. The fraction of sp³-hybridized carbons (Fsp3) is 0.357. The van der Waals surface area contributed by atoms with Crippen molar-refractivity contribution in [2.45, 2.75) is 27.4 Å². The predicted octanol–water partition coefficient (Wildman–Crippen LogP) is 3.49. The van der Waals surface area contributed by atoms with Crippen LogP contribution in [-0.4, -0.2) is 11.8 Å². The van der Waals surface area contributed by atoms with Crippen LogP contribution in [0, 0.1) is 13.8 Å². The van der Waals surface area contributed by atoms with Crippen molar-refractivity contribution in [2.75, 3.05) is 6.61 Å². The van der Waals surface area contributed by atoms with Crippen molar-refractivity contribution < 1.29 is 9.26 Å². The molecule has 2 aromatic rings. The number of aryl methyl sites for hydroxylation is 2. The quantitative estimate of drug-likeness (QED) is 0.807. The molecule has 17 heavy (non-hydrogen) atoms. The molecule has 0 bridgehead atoms. The van der Waals surface area contributed by atoms with Crippen LogP contribution >= 0.6 is 0 Å². The van der Waals surface area contributed by atoms with Crippen LogP contribution in [0.5, 0.6) is 0 Å². The van der Waals surface area contributed by atoms with Crippen molar-refractivity contribution >= 4 is 0 Å². The number of rotatable bonds is 4. The molecule has 0 spiro atoms. The molecular formula is C14H17NO2. The van der Waals surface area contributed by atoms with Gasteiger partial charge >= 0.3 is 0 Å². The Hall–Kier alpha value is -1.61. The van der Waals surface area contributed by atoms with E-state index in [9.17, 15) is 0 Å². The molecule has 0 saturated carbocycles. The number of benzene rings is 1. The second kappa shape index (κ2) is 5.15. The molecule has 0 amide bonds. The second-order valence-corrected chi connectivity index (χ2v) is 4.08. The molecule has 0 aliphatic heterocycles. The minimum atomic E-state index is 0.551. The van der Waals surface area contributed by atoms with Crippen LogP contribution in [0.4, 0.5) is 0 Å². The highest BCUT2D eigenvalue weighted by atomic mass is 16.5. The van der Waals surface area contributed by atoms with Gasteiger partial charge in [-0.15, -0.1) is 0 Å². The van der Waals surface area contributed by atoms with E-state index in [0.717, 1.165) is 22.6 Å². The molecule has 1 aromatic heterocycles. The minimum Gasteiger partial charge on any atom is -0.377 e. The van der Waals surface area contributed by atoms with Gasteiger partial charge in [-0.3, -0.25) is 0 Å². The molecule has 3 heteroatoms. The number of aromatic nitrogens is 1. The average molecular weight is 231 g/mol. The normalized spacial score (nSPS) is 10.8. The highest BCUT2D eigenvalue weighted by molar-refractivity contribution is 5.62. The maximum atomic E-state index is 5.44. The second-order valence-electron chi connectivity index (χ2n) is 4.08. The third-order valence-corrected chi connectivity index (χ3v) is 2.75. The molecule has 1 aromatic carbocycles. The van der Waals surface area contributed by atoms with E-state index in [1.165, 1.54) is 5.56 Å². The zero-order valence-electron chi connectivity index (χ0n) is 10.5. The van der Waals surface area contributed by atoms with Gasteiger partial charge < -0.3 is 9.26 Å². The first-order valence-electron chi connectivity index (χ1n) is 5.82. The van der Waals surface area contributed by atoms with Gasteiger partial charge in [0.1, 0.15) is 0 Å². The van der Waals surface area contributed by atoms with Gasteiger partial charge in [0.15, 0.2) is 5.76 Å². The summed E-state index contributed by atoms with van der Waals surface area (Å²) >= 11 is 0. The predicted molar refractivity (Wildman–Crippen MR) is 66.7 cm³/mol. The van der Waals surface area contributed by atoms with Gasteiger partial charge in [-0.1, -0.05) is 35.0 Å². The summed E-state index contributed by atoms with van der Waals surface area (Å²) in [7, 11) is 0. The van der Waals surface area contributed by atoms with Crippen molar-refractivity contribution in [3.05, 3.63) is 41.1 Å². The number of nitrogens with zero attached hydrogens (tertiary/aromatic N) is 1. The van der Waals surface area contributed by atoms with Gasteiger partial charge in [0.05, 0.1) is 12.3 Å². The summed E-state index contributed by atoms with van der Waals surface area (Å²) in [5.74, 6) is 0.816. The summed E-state index contributed by atoms with van der Waals surface area (Å²) in [4.78, 5) is 0. The minimum absolute atomic E-state index is 0.551. The van der Waals surface area contributed by atoms with Crippen molar-refractivity contribution in [3.8, 4) is 11.3 Å². The van der Waals surface area contributed by atoms with E-state index in [4.69, 9.17) is 9.26 Å². The molecule has 0 N–H and O–H groups in total. The third kappa shape index (κ3) is 2.56. The lowest BCUT2D eigenvalue weighted by Crippen LogP contribution is -1.94. The van der Waals surface area contributed by atoms with Crippen molar-refractivity contribution in [2.24, 2.45) is 0 Å². The molecule has 0 aliphatic carbocycles. The first-order chi connectivity index (χ1) is 8.22. The Labute approximate surface area is 101 Å². The van der Waals surface area contributed by atoms with E-state index >= 15 is 0 Å². The standard InChI is InChI=1S/C14H17NO2/c1-4-16-9-13-11(3)15-17-14(13)12-7-5-10(2)6-8-12/h5-8H,4,9H2,1-3H3. The molecule has 0 aliphatic rings. The maximum absolute atomic E-state index is 5.44. The third-order valence-electron chi connectivity index (χ3n) is 2.75. The summed E-state index contributed by atoms with van der Waals surface area (Å²) in [6, 6.07) is 8.23. The van der Waals surface area contributed by atoms with Crippen molar-refractivity contribution in [1.82, 2.24) is 5.16 Å². The first-order valence-corrected chi connectivity index (χ1v) is 5.82. The van der Waals surface area contributed by atoms with E-state index < -0.39 is 0 Å². The largest absolute Gasteiger partial charge is 0.377 e. The fourth-order valence-corrected chi connectivity index (χ4v) is 1.69. The first kappa shape index (κ1) is 11.9. The van der Waals surface area contributed by atoms with Crippen LogP contribution in [0.25, 0.3) is 11.3 Å². The van der Waals surface area contributed by atoms with Crippen molar-refractivity contribution in [1.29, 1.82) is 0 Å². The molecule has 90 valence electrons. The van der Waals surface area contributed by atoms with Crippen LogP contribution in [0.3, 0.4) is 0 Å². The van der Waals surface area contributed by atoms with Crippen molar-refractivity contribution in [3.63, 3.8) is 0 Å². The molecule has 2 rings (SSSR count). The zero-order valence-corrected chi connectivity index (χ0v) is 10.5. The lowest BCUT2D eigenvalue weighted by atomic mass is 10.1. The van der Waals surface area contributed by atoms with Gasteiger partial charge in [-0.2, -0.15) is 0 Å². The molecule has 0 saturated heterocycles. The summed E-state index contributed by atoms with van der Waals surface area (Å²) in [6.07, 6.45) is 0. The van der Waals surface area contributed by atoms with Crippen LogP contribution in [0.2, 0.25) is 0 Å². The summed E-state index contributed by atoms with van der Waals surface area (Å²) in [6.45, 7) is 7.23. The Balaban J connectivity index is 2.34. The van der Waals surface area contributed by atoms with Crippen LogP contribution < -0.4 is 0 Å². The Morgan fingerprint density at radius 3 is 2.53 bits per heavy atom. The maximum Gasteiger partial charge on any atom is 0.172 e. The molecule has 1 heterocycles. The Morgan fingerprint density at radius 2 is 1.88 bits per heavy atom. The summed E-state index contributed by atoms with van der Waals surface area (Å²) in [5, 5.41) is 4.01. The number of hydrogen-bond donors (Lipinski definition) is 0. The van der Waals surface area contributed by atoms with E-state index in [0.29, 0.717) is 13.2 Å². The summed E-state index contributed by atoms with van der Waals surface area (Å²) in [5.41, 5.74) is 4.21. The van der Waals surface area contributed by atoms with Gasteiger partial charge in [-0.25, -0.2) is 0 Å². The Kier molecular flexibility index (Phi) is 3.59. The topological polar surface area (TPSA) is 35.3 Å². The molecule has 0 fully saturated rings. The van der Waals surface area contributed by atoms with Gasteiger partial charge in [0.2, 0.25) is 0 Å². The highest BCUT2D eigenvalue weighted by Gasteiger charge is 2.14. The fourth-order valence-electron chi connectivity index (χ4n) is 1.69.